The van der Waals surface area contributed by atoms with Crippen molar-refractivity contribution in [3.8, 4) is 5.75 Å². The lowest BCUT2D eigenvalue weighted by molar-refractivity contribution is -0.153. The molecule has 0 aliphatic carbocycles. The van der Waals surface area contributed by atoms with Gasteiger partial charge in [-0.1, -0.05) is 6.07 Å². The molecule has 0 fully saturated rings. The van der Waals surface area contributed by atoms with E-state index in [2.05, 4.69) is 5.32 Å². The van der Waals surface area contributed by atoms with Crippen LogP contribution in [-0.4, -0.2) is 18.7 Å². The molecule has 1 heterocycles. The van der Waals surface area contributed by atoms with Gasteiger partial charge in [0, 0.05) is 6.08 Å². The predicted molar refractivity (Wildman–Crippen MR) is 79.1 cm³/mol. The minimum absolute atomic E-state index is 0.0397. The van der Waals surface area contributed by atoms with Gasteiger partial charge in [-0.3, -0.25) is 4.79 Å². The van der Waals surface area contributed by atoms with Crippen LogP contribution in [0, 0.1) is 6.92 Å². The summed E-state index contributed by atoms with van der Waals surface area (Å²) in [6.45, 7) is 0.282. The fraction of sp³-hybridized carbons (Fsp3) is 0.188. The molecule has 0 spiro atoms. The molecule has 1 amide bonds. The van der Waals surface area contributed by atoms with Crippen molar-refractivity contribution in [1.82, 2.24) is 0 Å². The first kappa shape index (κ1) is 16.7. The Morgan fingerprint density at radius 2 is 2.13 bits per heavy atom. The standard InChI is InChI=1S/C16H14F3NO3/c1-11-4-6-13(14(9-11)23-10-16(17,18)19)20-15(21)7-5-12-3-2-8-22-12/h2-9H,10H2,1H3,(H,20,21)/b7-5+. The smallest absolute Gasteiger partial charge is 0.422 e. The highest BCUT2D eigenvalue weighted by Crippen LogP contribution is 2.28. The number of hydrogen-bond donors (Lipinski definition) is 1. The molecule has 1 N–H and O–H groups in total. The zero-order valence-electron chi connectivity index (χ0n) is 12.2. The lowest BCUT2D eigenvalue weighted by Crippen LogP contribution is -2.20. The van der Waals surface area contributed by atoms with E-state index >= 15 is 0 Å². The van der Waals surface area contributed by atoms with Gasteiger partial charge >= 0.3 is 6.18 Å². The van der Waals surface area contributed by atoms with Crippen LogP contribution < -0.4 is 10.1 Å². The van der Waals surface area contributed by atoms with E-state index in [1.807, 2.05) is 0 Å². The van der Waals surface area contributed by atoms with Gasteiger partial charge in [-0.05, 0) is 42.8 Å². The summed E-state index contributed by atoms with van der Waals surface area (Å²) < 4.78 is 46.6. The number of halogens is 3. The van der Waals surface area contributed by atoms with E-state index in [0.29, 0.717) is 11.3 Å². The molecule has 0 aliphatic heterocycles. The van der Waals surface area contributed by atoms with Crippen LogP contribution in [0.4, 0.5) is 18.9 Å². The largest absolute Gasteiger partial charge is 0.482 e. The molecule has 2 aromatic rings. The Morgan fingerprint density at radius 1 is 1.35 bits per heavy atom. The van der Waals surface area contributed by atoms with Gasteiger partial charge in [0.05, 0.1) is 12.0 Å². The summed E-state index contributed by atoms with van der Waals surface area (Å²) in [6, 6.07) is 7.90. The molecule has 122 valence electrons. The van der Waals surface area contributed by atoms with Crippen molar-refractivity contribution in [2.45, 2.75) is 13.1 Å². The summed E-state index contributed by atoms with van der Waals surface area (Å²) >= 11 is 0. The number of carbonyl (C=O) groups excluding carboxylic acids is 1. The minimum Gasteiger partial charge on any atom is -0.482 e. The summed E-state index contributed by atoms with van der Waals surface area (Å²) in [6.07, 6.45) is -0.336. The van der Waals surface area contributed by atoms with Crippen LogP contribution in [0.1, 0.15) is 11.3 Å². The van der Waals surface area contributed by atoms with E-state index in [1.165, 1.54) is 30.5 Å². The van der Waals surface area contributed by atoms with Gasteiger partial charge in [0.25, 0.3) is 0 Å². The quantitative estimate of drug-likeness (QED) is 0.839. The third kappa shape index (κ3) is 5.54. The Kier molecular flexibility index (Phi) is 5.10. The van der Waals surface area contributed by atoms with Crippen LogP contribution in [0.25, 0.3) is 6.08 Å². The highest BCUT2D eigenvalue weighted by molar-refractivity contribution is 6.02. The van der Waals surface area contributed by atoms with Crippen molar-refractivity contribution >= 4 is 17.7 Å². The number of benzene rings is 1. The summed E-state index contributed by atoms with van der Waals surface area (Å²) in [5.74, 6) is -0.0678. The fourth-order valence-electron chi connectivity index (χ4n) is 1.73. The maximum Gasteiger partial charge on any atom is 0.422 e. The first-order chi connectivity index (χ1) is 10.8. The van der Waals surface area contributed by atoms with Gasteiger partial charge in [-0.15, -0.1) is 0 Å². The van der Waals surface area contributed by atoms with E-state index in [0.717, 1.165) is 0 Å². The van der Waals surface area contributed by atoms with Crippen molar-refractivity contribution in [3.63, 3.8) is 0 Å². The van der Waals surface area contributed by atoms with Crippen molar-refractivity contribution < 1.29 is 27.1 Å². The zero-order chi connectivity index (χ0) is 16.9. The van der Waals surface area contributed by atoms with Crippen LogP contribution in [-0.2, 0) is 4.79 Å². The number of rotatable bonds is 5. The summed E-state index contributed by atoms with van der Waals surface area (Å²) in [4.78, 5) is 11.8. The monoisotopic (exact) mass is 325 g/mol. The van der Waals surface area contributed by atoms with Crippen molar-refractivity contribution in [2.24, 2.45) is 0 Å². The Bertz CT molecular complexity index is 691. The highest BCUT2D eigenvalue weighted by Gasteiger charge is 2.28. The Morgan fingerprint density at radius 3 is 2.78 bits per heavy atom. The first-order valence-electron chi connectivity index (χ1n) is 6.66. The highest BCUT2D eigenvalue weighted by atomic mass is 19.4. The number of nitrogens with one attached hydrogen (secondary N) is 1. The molecule has 0 radical (unpaired) electrons. The van der Waals surface area contributed by atoms with Gasteiger partial charge in [-0.2, -0.15) is 13.2 Å². The van der Waals surface area contributed by atoms with Crippen molar-refractivity contribution in [2.75, 3.05) is 11.9 Å². The number of hydrogen-bond acceptors (Lipinski definition) is 3. The normalized spacial score (nSPS) is 11.7. The molecule has 2 rings (SSSR count). The Balaban J connectivity index is 2.07. The molecule has 0 bridgehead atoms. The van der Waals surface area contributed by atoms with Crippen LogP contribution >= 0.6 is 0 Å². The fourth-order valence-corrected chi connectivity index (χ4v) is 1.73. The van der Waals surface area contributed by atoms with E-state index in [9.17, 15) is 18.0 Å². The van der Waals surface area contributed by atoms with E-state index < -0.39 is 18.7 Å². The lowest BCUT2D eigenvalue weighted by Gasteiger charge is -2.14. The lowest BCUT2D eigenvalue weighted by atomic mass is 10.2. The number of carbonyl (C=O) groups is 1. The van der Waals surface area contributed by atoms with Gasteiger partial charge in [0.2, 0.25) is 5.91 Å². The summed E-state index contributed by atoms with van der Waals surface area (Å²) in [5, 5.41) is 2.48. The number of aryl methyl sites for hydroxylation is 1. The molecule has 0 unspecified atom stereocenters. The van der Waals surface area contributed by atoms with Gasteiger partial charge in [0.15, 0.2) is 6.61 Å². The third-order valence-electron chi connectivity index (χ3n) is 2.73. The molecule has 1 aromatic carbocycles. The van der Waals surface area contributed by atoms with Crippen LogP contribution in [0.3, 0.4) is 0 Å². The Hall–Kier alpha value is -2.70. The second-order valence-corrected chi connectivity index (χ2v) is 4.74. The average Bonchev–Trinajstić information content (AvgIpc) is 2.98. The van der Waals surface area contributed by atoms with E-state index in [-0.39, 0.29) is 11.4 Å². The average molecular weight is 325 g/mol. The van der Waals surface area contributed by atoms with Gasteiger partial charge in [-0.25, -0.2) is 0 Å². The summed E-state index contributed by atoms with van der Waals surface area (Å²) in [7, 11) is 0. The van der Waals surface area contributed by atoms with E-state index in [1.54, 1.807) is 25.1 Å². The number of ether oxygens (including phenoxy) is 1. The van der Waals surface area contributed by atoms with Crippen LogP contribution in [0.15, 0.2) is 47.1 Å². The Labute approximate surface area is 130 Å². The predicted octanol–water partition coefficient (Wildman–Crippen LogP) is 4.18. The zero-order valence-corrected chi connectivity index (χ0v) is 12.2. The molecule has 0 aliphatic rings. The maximum absolute atomic E-state index is 12.3. The molecule has 7 heteroatoms. The second kappa shape index (κ2) is 7.04. The molecular formula is C16H14F3NO3. The minimum atomic E-state index is -4.45. The van der Waals surface area contributed by atoms with Gasteiger partial charge in [0.1, 0.15) is 11.5 Å². The SMILES string of the molecule is Cc1ccc(NC(=O)/C=C/c2ccco2)c(OCC(F)(F)F)c1. The summed E-state index contributed by atoms with van der Waals surface area (Å²) in [5.41, 5.74) is 0.875. The molecular weight excluding hydrogens is 311 g/mol. The number of amides is 1. The maximum atomic E-state index is 12.3. The first-order valence-corrected chi connectivity index (χ1v) is 6.66. The number of anilines is 1. The second-order valence-electron chi connectivity index (χ2n) is 4.74. The van der Waals surface area contributed by atoms with Gasteiger partial charge < -0.3 is 14.5 Å². The molecule has 1 aromatic heterocycles. The molecule has 0 saturated carbocycles. The van der Waals surface area contributed by atoms with E-state index in [4.69, 9.17) is 9.15 Å². The number of alkyl halides is 3. The van der Waals surface area contributed by atoms with Crippen molar-refractivity contribution in [1.29, 1.82) is 0 Å². The topological polar surface area (TPSA) is 51.5 Å². The molecule has 4 nitrogen and oxygen atoms in total. The molecule has 0 saturated heterocycles. The van der Waals surface area contributed by atoms with Crippen LogP contribution in [0.2, 0.25) is 0 Å². The van der Waals surface area contributed by atoms with Crippen molar-refractivity contribution in [3.05, 3.63) is 54.0 Å². The third-order valence-corrected chi connectivity index (χ3v) is 2.73. The number of furan rings is 1. The molecule has 23 heavy (non-hydrogen) atoms. The van der Waals surface area contributed by atoms with Crippen LogP contribution in [0.5, 0.6) is 5.75 Å². The molecule has 0 atom stereocenters.